The van der Waals surface area contributed by atoms with Crippen LogP contribution in [-0.4, -0.2) is 7.11 Å². The third kappa shape index (κ3) is 2.14. The maximum absolute atomic E-state index is 13.6. The lowest BCUT2D eigenvalue weighted by Gasteiger charge is -2.10. The highest BCUT2D eigenvalue weighted by Crippen LogP contribution is 2.28. The van der Waals surface area contributed by atoms with E-state index < -0.39 is 5.82 Å². The predicted molar refractivity (Wildman–Crippen MR) is 60.0 cm³/mol. The molecule has 1 aromatic carbocycles. The maximum atomic E-state index is 13.6. The molecule has 3 nitrogen and oxygen atoms in total. The standard InChI is InChI=1S/C12H13FN2O/c1-3-8(7-14)12(15)11-9(13)5-4-6-10(11)16-2/h4-6H,3,15H2,1-2H3/b12-8-. The Morgan fingerprint density at radius 3 is 2.75 bits per heavy atom. The Bertz CT molecular complexity index is 461. The van der Waals surface area contributed by atoms with Crippen molar-refractivity contribution in [1.82, 2.24) is 0 Å². The minimum atomic E-state index is -0.488. The van der Waals surface area contributed by atoms with Crippen molar-refractivity contribution in [3.63, 3.8) is 0 Å². The molecule has 0 heterocycles. The number of hydrogen-bond acceptors (Lipinski definition) is 3. The number of nitriles is 1. The van der Waals surface area contributed by atoms with Crippen molar-refractivity contribution in [3.05, 3.63) is 35.2 Å². The van der Waals surface area contributed by atoms with Crippen LogP contribution in [0.25, 0.3) is 5.70 Å². The SMILES string of the molecule is CC/C(C#N)=C(/N)c1c(F)cccc1OC. The van der Waals surface area contributed by atoms with Gasteiger partial charge in [0.05, 0.1) is 30.0 Å². The minimum Gasteiger partial charge on any atom is -0.496 e. The van der Waals surface area contributed by atoms with Crippen molar-refractivity contribution in [1.29, 1.82) is 5.26 Å². The van der Waals surface area contributed by atoms with Gasteiger partial charge in [0, 0.05) is 0 Å². The first-order valence-corrected chi connectivity index (χ1v) is 4.87. The molecule has 0 aliphatic rings. The third-order valence-corrected chi connectivity index (χ3v) is 2.28. The lowest BCUT2D eigenvalue weighted by Crippen LogP contribution is -2.05. The van der Waals surface area contributed by atoms with Gasteiger partial charge in [-0.25, -0.2) is 4.39 Å². The van der Waals surface area contributed by atoms with E-state index in [2.05, 4.69) is 0 Å². The quantitative estimate of drug-likeness (QED) is 0.796. The number of nitrogens with zero attached hydrogens (tertiary/aromatic N) is 1. The molecule has 0 radical (unpaired) electrons. The lowest BCUT2D eigenvalue weighted by atomic mass is 10.0. The number of rotatable bonds is 3. The van der Waals surface area contributed by atoms with Gasteiger partial charge in [0.2, 0.25) is 0 Å². The number of nitrogens with two attached hydrogens (primary N) is 1. The summed E-state index contributed by atoms with van der Waals surface area (Å²) in [7, 11) is 1.43. The van der Waals surface area contributed by atoms with Crippen LogP contribution < -0.4 is 10.5 Å². The van der Waals surface area contributed by atoms with E-state index in [9.17, 15) is 4.39 Å². The fourth-order valence-electron chi connectivity index (χ4n) is 1.42. The molecular weight excluding hydrogens is 207 g/mol. The summed E-state index contributed by atoms with van der Waals surface area (Å²) in [6, 6.07) is 6.39. The summed E-state index contributed by atoms with van der Waals surface area (Å²) in [6.45, 7) is 1.79. The first-order chi connectivity index (χ1) is 7.65. The molecule has 0 amide bonds. The molecule has 1 rings (SSSR count). The molecule has 16 heavy (non-hydrogen) atoms. The van der Waals surface area contributed by atoms with E-state index in [0.29, 0.717) is 17.7 Å². The van der Waals surface area contributed by atoms with Crippen LogP contribution in [0.15, 0.2) is 23.8 Å². The van der Waals surface area contributed by atoms with Crippen LogP contribution in [0.5, 0.6) is 5.75 Å². The number of methoxy groups -OCH3 is 1. The predicted octanol–water partition coefficient (Wildman–Crippen LogP) is 2.44. The van der Waals surface area contributed by atoms with Crippen LogP contribution in [-0.2, 0) is 0 Å². The lowest BCUT2D eigenvalue weighted by molar-refractivity contribution is 0.409. The highest BCUT2D eigenvalue weighted by Gasteiger charge is 2.14. The van der Waals surface area contributed by atoms with E-state index in [4.69, 9.17) is 15.7 Å². The summed E-state index contributed by atoms with van der Waals surface area (Å²) in [6.07, 6.45) is 0.458. The number of hydrogen-bond donors (Lipinski definition) is 1. The molecule has 2 N–H and O–H groups in total. The normalized spacial score (nSPS) is 11.6. The van der Waals surface area contributed by atoms with E-state index in [0.717, 1.165) is 0 Å². The highest BCUT2D eigenvalue weighted by atomic mass is 19.1. The Morgan fingerprint density at radius 2 is 2.25 bits per heavy atom. The van der Waals surface area contributed by atoms with Crippen molar-refractivity contribution in [2.45, 2.75) is 13.3 Å². The van der Waals surface area contributed by atoms with Crippen LogP contribution in [0.1, 0.15) is 18.9 Å². The van der Waals surface area contributed by atoms with Crippen LogP contribution in [0.2, 0.25) is 0 Å². The van der Waals surface area contributed by atoms with Crippen molar-refractivity contribution in [2.75, 3.05) is 7.11 Å². The molecule has 0 aromatic heterocycles. The van der Waals surface area contributed by atoms with E-state index in [1.807, 2.05) is 6.07 Å². The van der Waals surface area contributed by atoms with Crippen molar-refractivity contribution in [3.8, 4) is 11.8 Å². The molecule has 84 valence electrons. The van der Waals surface area contributed by atoms with Crippen LogP contribution in [0.3, 0.4) is 0 Å². The molecule has 0 saturated heterocycles. The summed E-state index contributed by atoms with van der Waals surface area (Å²) in [5, 5.41) is 8.86. The van der Waals surface area contributed by atoms with Crippen LogP contribution in [0, 0.1) is 17.1 Å². The summed E-state index contributed by atoms with van der Waals surface area (Å²) < 4.78 is 18.6. The first-order valence-electron chi connectivity index (χ1n) is 4.87. The smallest absolute Gasteiger partial charge is 0.136 e. The summed E-state index contributed by atoms with van der Waals surface area (Å²) >= 11 is 0. The van der Waals surface area contributed by atoms with Gasteiger partial charge in [0.1, 0.15) is 11.6 Å². The van der Waals surface area contributed by atoms with E-state index in [1.54, 1.807) is 13.0 Å². The molecular formula is C12H13FN2O. The molecule has 0 aliphatic heterocycles. The zero-order valence-corrected chi connectivity index (χ0v) is 9.25. The molecule has 0 aliphatic carbocycles. The monoisotopic (exact) mass is 220 g/mol. The van der Waals surface area contributed by atoms with Crippen LogP contribution >= 0.6 is 0 Å². The van der Waals surface area contributed by atoms with Crippen molar-refractivity contribution < 1.29 is 9.13 Å². The minimum absolute atomic E-state index is 0.139. The molecule has 0 spiro atoms. The number of ether oxygens (including phenoxy) is 1. The Hall–Kier alpha value is -2.02. The summed E-state index contributed by atoms with van der Waals surface area (Å²) in [4.78, 5) is 0. The van der Waals surface area contributed by atoms with Crippen LogP contribution in [0.4, 0.5) is 4.39 Å². The molecule has 0 saturated carbocycles. The fourth-order valence-corrected chi connectivity index (χ4v) is 1.42. The average Bonchev–Trinajstić information content (AvgIpc) is 2.29. The molecule has 1 aromatic rings. The van der Waals surface area contributed by atoms with Gasteiger partial charge < -0.3 is 10.5 Å². The molecule has 0 fully saturated rings. The van der Waals surface area contributed by atoms with Gasteiger partial charge in [-0.3, -0.25) is 0 Å². The molecule has 4 heteroatoms. The van der Waals surface area contributed by atoms with Gasteiger partial charge in [0.25, 0.3) is 0 Å². The van der Waals surface area contributed by atoms with Gasteiger partial charge in [-0.15, -0.1) is 0 Å². The van der Waals surface area contributed by atoms with E-state index in [-0.39, 0.29) is 11.3 Å². The molecule has 0 bridgehead atoms. The number of allylic oxidation sites excluding steroid dienone is 1. The Kier molecular flexibility index (Phi) is 3.90. The second kappa shape index (κ2) is 5.17. The summed E-state index contributed by atoms with van der Waals surface area (Å²) in [5.41, 5.74) is 6.42. The van der Waals surface area contributed by atoms with E-state index >= 15 is 0 Å². The van der Waals surface area contributed by atoms with Gasteiger partial charge in [0.15, 0.2) is 0 Å². The zero-order valence-electron chi connectivity index (χ0n) is 9.25. The Labute approximate surface area is 93.9 Å². The van der Waals surface area contributed by atoms with E-state index in [1.165, 1.54) is 19.2 Å². The van der Waals surface area contributed by atoms with Crippen molar-refractivity contribution >= 4 is 5.70 Å². The second-order valence-electron chi connectivity index (χ2n) is 3.17. The third-order valence-electron chi connectivity index (χ3n) is 2.28. The Balaban J connectivity index is 3.44. The average molecular weight is 220 g/mol. The second-order valence-corrected chi connectivity index (χ2v) is 3.17. The van der Waals surface area contributed by atoms with Crippen molar-refractivity contribution in [2.24, 2.45) is 5.73 Å². The van der Waals surface area contributed by atoms with Gasteiger partial charge in [-0.1, -0.05) is 13.0 Å². The van der Waals surface area contributed by atoms with Gasteiger partial charge in [-0.05, 0) is 18.6 Å². The number of benzene rings is 1. The number of halogens is 1. The largest absolute Gasteiger partial charge is 0.496 e. The maximum Gasteiger partial charge on any atom is 0.136 e. The molecule has 0 atom stereocenters. The van der Waals surface area contributed by atoms with Gasteiger partial charge >= 0.3 is 0 Å². The highest BCUT2D eigenvalue weighted by molar-refractivity contribution is 5.73. The van der Waals surface area contributed by atoms with Gasteiger partial charge in [-0.2, -0.15) is 5.26 Å². The molecule has 0 unspecified atom stereocenters. The Morgan fingerprint density at radius 1 is 1.56 bits per heavy atom. The zero-order chi connectivity index (χ0) is 12.1. The topological polar surface area (TPSA) is 59.0 Å². The summed E-state index contributed by atoms with van der Waals surface area (Å²) in [5.74, 6) is -0.156. The fraction of sp³-hybridized carbons (Fsp3) is 0.250. The first kappa shape index (κ1) is 12.1.